The molecule has 0 radical (unpaired) electrons. The van der Waals surface area contributed by atoms with Crippen LogP contribution in [0.4, 0.5) is 4.79 Å². The van der Waals surface area contributed by atoms with E-state index in [1.54, 1.807) is 27.8 Å². The van der Waals surface area contributed by atoms with E-state index in [4.69, 9.17) is 5.11 Å². The molecule has 0 unspecified atom stereocenters. The van der Waals surface area contributed by atoms with Crippen LogP contribution in [0.15, 0.2) is 0 Å². The van der Waals surface area contributed by atoms with Crippen LogP contribution >= 0.6 is 0 Å². The van der Waals surface area contributed by atoms with Crippen LogP contribution in [0.3, 0.4) is 0 Å². The molecule has 0 aliphatic carbocycles. The quantitative estimate of drug-likeness (QED) is 0.759. The Morgan fingerprint density at radius 3 is 2.05 bits per heavy atom. The molecule has 19 heavy (non-hydrogen) atoms. The van der Waals surface area contributed by atoms with Gasteiger partial charge >= 0.3 is 12.0 Å². The SMILES string of the molecule is CN(C)CCCN(C)C(=O)N[C@@H](C(=O)O)C(C)(C)C. The summed E-state index contributed by atoms with van der Waals surface area (Å²) in [5.74, 6) is -1.01. The molecule has 0 spiro atoms. The molecule has 0 bridgehead atoms. The van der Waals surface area contributed by atoms with Gasteiger partial charge in [0.2, 0.25) is 0 Å². The van der Waals surface area contributed by atoms with Gasteiger partial charge < -0.3 is 20.2 Å². The van der Waals surface area contributed by atoms with E-state index in [1.807, 2.05) is 19.0 Å². The van der Waals surface area contributed by atoms with Crippen molar-refractivity contribution in [3.8, 4) is 0 Å². The largest absolute Gasteiger partial charge is 0.480 e. The Bertz CT molecular complexity index is 311. The summed E-state index contributed by atoms with van der Waals surface area (Å²) in [6.45, 7) is 6.86. The lowest BCUT2D eigenvalue weighted by Crippen LogP contribution is -2.52. The first kappa shape index (κ1) is 17.7. The fraction of sp³-hybridized carbons (Fsp3) is 0.846. The number of carbonyl (C=O) groups excluding carboxylic acids is 1. The van der Waals surface area contributed by atoms with E-state index in [2.05, 4.69) is 5.32 Å². The van der Waals surface area contributed by atoms with Gasteiger partial charge in [-0.3, -0.25) is 0 Å². The fourth-order valence-corrected chi connectivity index (χ4v) is 1.61. The van der Waals surface area contributed by atoms with E-state index in [-0.39, 0.29) is 6.03 Å². The monoisotopic (exact) mass is 273 g/mol. The molecule has 0 aliphatic heterocycles. The summed E-state index contributed by atoms with van der Waals surface area (Å²) in [6.07, 6.45) is 0.851. The summed E-state index contributed by atoms with van der Waals surface area (Å²) in [5, 5.41) is 11.7. The Kier molecular flexibility index (Phi) is 6.83. The summed E-state index contributed by atoms with van der Waals surface area (Å²) in [5.41, 5.74) is -0.522. The van der Waals surface area contributed by atoms with Crippen molar-refractivity contribution >= 4 is 12.0 Å². The van der Waals surface area contributed by atoms with Crippen LogP contribution in [0, 0.1) is 5.41 Å². The molecule has 2 N–H and O–H groups in total. The van der Waals surface area contributed by atoms with Crippen molar-refractivity contribution in [3.05, 3.63) is 0 Å². The molecule has 0 fully saturated rings. The van der Waals surface area contributed by atoms with Crippen molar-refractivity contribution in [1.29, 1.82) is 0 Å². The summed E-state index contributed by atoms with van der Waals surface area (Å²) < 4.78 is 0. The molecule has 112 valence electrons. The third kappa shape index (κ3) is 7.00. The van der Waals surface area contributed by atoms with E-state index in [0.717, 1.165) is 13.0 Å². The van der Waals surface area contributed by atoms with Crippen LogP contribution in [0.25, 0.3) is 0 Å². The van der Waals surface area contributed by atoms with Crippen LogP contribution in [0.2, 0.25) is 0 Å². The summed E-state index contributed by atoms with van der Waals surface area (Å²) >= 11 is 0. The van der Waals surface area contributed by atoms with Crippen molar-refractivity contribution in [3.63, 3.8) is 0 Å². The topological polar surface area (TPSA) is 72.9 Å². The number of carbonyl (C=O) groups is 2. The third-order valence-electron chi connectivity index (χ3n) is 2.83. The number of urea groups is 1. The van der Waals surface area contributed by atoms with Crippen molar-refractivity contribution in [1.82, 2.24) is 15.1 Å². The molecular formula is C13H27N3O3. The number of aliphatic carboxylic acids is 1. The molecule has 0 aromatic rings. The second-order valence-electron chi connectivity index (χ2n) is 6.17. The standard InChI is InChI=1S/C13H27N3O3/c1-13(2,3)10(11(17)18)14-12(19)16(6)9-7-8-15(4)5/h10H,7-9H2,1-6H3,(H,14,19)(H,17,18)/t10-/m0/s1. The maximum atomic E-state index is 11.9. The highest BCUT2D eigenvalue weighted by Gasteiger charge is 2.33. The smallest absolute Gasteiger partial charge is 0.326 e. The first-order chi connectivity index (χ1) is 8.55. The molecule has 0 aromatic carbocycles. The minimum Gasteiger partial charge on any atom is -0.480 e. The zero-order valence-corrected chi connectivity index (χ0v) is 12.9. The Morgan fingerprint density at radius 2 is 1.68 bits per heavy atom. The zero-order chi connectivity index (χ0) is 15.2. The maximum absolute atomic E-state index is 11.9. The minimum absolute atomic E-state index is 0.346. The highest BCUT2D eigenvalue weighted by Crippen LogP contribution is 2.19. The van der Waals surface area contributed by atoms with Gasteiger partial charge in [0.25, 0.3) is 0 Å². The predicted octanol–water partition coefficient (Wildman–Crippen LogP) is 1.08. The maximum Gasteiger partial charge on any atom is 0.326 e. The molecular weight excluding hydrogens is 246 g/mol. The van der Waals surface area contributed by atoms with Gasteiger partial charge in [-0.05, 0) is 32.5 Å². The number of carboxylic acids is 1. The van der Waals surface area contributed by atoms with Crippen LogP contribution in [-0.2, 0) is 4.79 Å². The average molecular weight is 273 g/mol. The molecule has 2 amide bonds. The third-order valence-corrected chi connectivity index (χ3v) is 2.83. The van der Waals surface area contributed by atoms with Crippen molar-refractivity contribution in [2.45, 2.75) is 33.2 Å². The van der Waals surface area contributed by atoms with Gasteiger partial charge in [0.1, 0.15) is 6.04 Å². The average Bonchev–Trinajstić information content (AvgIpc) is 2.22. The Labute approximate surface area is 115 Å². The molecule has 0 aromatic heterocycles. The van der Waals surface area contributed by atoms with Crippen LogP contribution in [-0.4, -0.2) is 67.2 Å². The lowest BCUT2D eigenvalue weighted by molar-refractivity contribution is -0.142. The van der Waals surface area contributed by atoms with E-state index in [9.17, 15) is 9.59 Å². The number of rotatable bonds is 6. The first-order valence-corrected chi connectivity index (χ1v) is 6.45. The molecule has 6 nitrogen and oxygen atoms in total. The second-order valence-corrected chi connectivity index (χ2v) is 6.17. The fourth-order valence-electron chi connectivity index (χ4n) is 1.61. The lowest BCUT2D eigenvalue weighted by atomic mass is 9.87. The molecule has 6 heteroatoms. The number of nitrogens with one attached hydrogen (secondary N) is 1. The molecule has 0 rings (SSSR count). The van der Waals surface area contributed by atoms with Crippen molar-refractivity contribution < 1.29 is 14.7 Å². The first-order valence-electron chi connectivity index (χ1n) is 6.45. The molecule has 0 aliphatic rings. The number of nitrogens with zero attached hydrogens (tertiary/aromatic N) is 2. The van der Waals surface area contributed by atoms with Gasteiger partial charge in [-0.1, -0.05) is 20.8 Å². The van der Waals surface area contributed by atoms with Gasteiger partial charge in [0.05, 0.1) is 0 Å². The predicted molar refractivity (Wildman–Crippen MR) is 75.2 cm³/mol. The minimum atomic E-state index is -1.01. The number of carboxylic acid groups (broad SMARTS) is 1. The van der Waals surface area contributed by atoms with Gasteiger partial charge in [-0.2, -0.15) is 0 Å². The van der Waals surface area contributed by atoms with Gasteiger partial charge in [0, 0.05) is 13.6 Å². The summed E-state index contributed by atoms with van der Waals surface area (Å²) in [4.78, 5) is 26.6. The van der Waals surface area contributed by atoms with Crippen molar-refractivity contribution in [2.75, 3.05) is 34.2 Å². The Balaban J connectivity index is 4.37. The molecule has 0 saturated heterocycles. The molecule has 1 atom stereocenters. The van der Waals surface area contributed by atoms with Crippen molar-refractivity contribution in [2.24, 2.45) is 5.41 Å². The van der Waals surface area contributed by atoms with Crippen LogP contribution in [0.5, 0.6) is 0 Å². The summed E-state index contributed by atoms with van der Waals surface area (Å²) in [6, 6.07) is -1.24. The zero-order valence-electron chi connectivity index (χ0n) is 12.9. The molecule has 0 heterocycles. The highest BCUT2D eigenvalue weighted by molar-refractivity contribution is 5.83. The van der Waals surface area contributed by atoms with Gasteiger partial charge in [-0.25, -0.2) is 9.59 Å². The highest BCUT2D eigenvalue weighted by atomic mass is 16.4. The van der Waals surface area contributed by atoms with Crippen LogP contribution in [0.1, 0.15) is 27.2 Å². The van der Waals surface area contributed by atoms with E-state index in [0.29, 0.717) is 6.54 Å². The van der Waals surface area contributed by atoms with E-state index >= 15 is 0 Å². The van der Waals surface area contributed by atoms with E-state index in [1.165, 1.54) is 4.90 Å². The van der Waals surface area contributed by atoms with E-state index < -0.39 is 17.4 Å². The van der Waals surface area contributed by atoms with Gasteiger partial charge in [-0.15, -0.1) is 0 Å². The summed E-state index contributed by atoms with van der Waals surface area (Å²) in [7, 11) is 5.62. The van der Waals surface area contributed by atoms with Gasteiger partial charge in [0.15, 0.2) is 0 Å². The number of hydrogen-bond donors (Lipinski definition) is 2. The van der Waals surface area contributed by atoms with Crippen LogP contribution < -0.4 is 5.32 Å². The normalized spacial score (nSPS) is 13.2. The Morgan fingerprint density at radius 1 is 1.16 bits per heavy atom. The molecule has 0 saturated carbocycles. The number of hydrogen-bond acceptors (Lipinski definition) is 3. The number of amides is 2. The second kappa shape index (κ2) is 7.33. The Hall–Kier alpha value is -1.30. The lowest BCUT2D eigenvalue weighted by Gasteiger charge is -2.30.